The summed E-state index contributed by atoms with van der Waals surface area (Å²) in [6, 6.07) is -0.567. The summed E-state index contributed by atoms with van der Waals surface area (Å²) in [5.41, 5.74) is 24.9. The molecule has 4 aliphatic rings. The number of amides is 13. The molecule has 9 rings (SSSR count). The Morgan fingerprint density at radius 2 is 1.09 bits per heavy atom. The number of benzene rings is 2. The van der Waals surface area contributed by atoms with Crippen LogP contribution in [0.25, 0.3) is 10.9 Å². The van der Waals surface area contributed by atoms with Gasteiger partial charge in [0, 0.05) is 126 Å². The van der Waals surface area contributed by atoms with Crippen molar-refractivity contribution in [3.63, 3.8) is 0 Å². The number of nitrogens with zero attached hydrogens (tertiary/aromatic N) is 5. The number of nitrogens with one attached hydrogen (secondary N) is 16. The van der Waals surface area contributed by atoms with Gasteiger partial charge in [-0.1, -0.05) is 89.9 Å². The average molecular weight is 1840 g/mol. The minimum atomic E-state index is -1.63. The minimum Gasteiger partial charge on any atom is -0.481 e. The highest BCUT2D eigenvalue weighted by atomic mass is 33.1. The average Bonchev–Trinajstić information content (AvgIpc) is 1.62. The summed E-state index contributed by atoms with van der Waals surface area (Å²) in [6.07, 6.45) is 7.70. The maximum Gasteiger partial charge on any atom is 0.303 e. The highest BCUT2D eigenvalue weighted by molar-refractivity contribution is 8.76. The molecule has 0 unspecified atom stereocenters. The van der Waals surface area contributed by atoms with Gasteiger partial charge in [-0.25, -0.2) is 9.97 Å². The Kier molecular flexibility index (Phi) is 39.8. The van der Waals surface area contributed by atoms with E-state index in [1.54, 1.807) is 48.7 Å². The highest BCUT2D eigenvalue weighted by Gasteiger charge is 2.47. The number of carboxylic acids is 1. The topological polar surface area (TPSA) is 660 Å². The van der Waals surface area contributed by atoms with Crippen LogP contribution in [0.15, 0.2) is 85.8 Å². The maximum absolute atomic E-state index is 16.1. The molecule has 2 aromatic carbocycles. The van der Waals surface area contributed by atoms with E-state index in [1.165, 1.54) is 46.7 Å². The van der Waals surface area contributed by atoms with Crippen LogP contribution in [-0.4, -0.2) is 274 Å². The number of nitrogens with two attached hydrogens (primary N) is 4. The molecule has 0 spiro atoms. The number of aromatic nitrogens is 5. The lowest BCUT2D eigenvalue weighted by Gasteiger charge is -2.33. The molecule has 0 saturated carbocycles. The number of guanidine groups is 2. The summed E-state index contributed by atoms with van der Waals surface area (Å²) in [4.78, 5) is 256. The number of carbonyl (C=O) groups is 16. The van der Waals surface area contributed by atoms with Crippen molar-refractivity contribution >= 4 is 139 Å². The summed E-state index contributed by atoms with van der Waals surface area (Å²) >= 11 is 0. The molecule has 44 heteroatoms. The van der Waals surface area contributed by atoms with Crippen molar-refractivity contribution in [2.45, 2.75) is 240 Å². The van der Waals surface area contributed by atoms with Crippen molar-refractivity contribution in [1.29, 1.82) is 10.8 Å². The number of carbonyl (C=O) groups excluding carboxylic acids is 15. The van der Waals surface area contributed by atoms with Crippen molar-refractivity contribution in [3.05, 3.63) is 108 Å². The van der Waals surface area contributed by atoms with Gasteiger partial charge in [-0.15, -0.1) is 0 Å². The molecular weight excluding hydrogens is 1720 g/mol. The molecule has 4 aliphatic heterocycles. The van der Waals surface area contributed by atoms with Crippen LogP contribution in [0.1, 0.15) is 165 Å². The smallest absolute Gasteiger partial charge is 0.303 e. The Balaban J connectivity index is 1.06. The molecular formula is C86H123N25O17S2. The lowest BCUT2D eigenvalue weighted by atomic mass is 9.93. The number of imidazole rings is 2. The third-order valence-corrected chi connectivity index (χ3v) is 25.9. The number of carboxylic acid groups (broad SMARTS) is 1. The first-order chi connectivity index (χ1) is 62.4. The second-order valence-electron chi connectivity index (χ2n) is 33.1. The molecule has 0 radical (unpaired) electrons. The summed E-state index contributed by atoms with van der Waals surface area (Å²) < 4.78 is 0. The van der Waals surface area contributed by atoms with Crippen molar-refractivity contribution in [1.82, 2.24) is 98.1 Å². The van der Waals surface area contributed by atoms with E-state index in [4.69, 9.17) is 33.8 Å². The minimum absolute atomic E-state index is 0.0131. The number of likely N-dealkylation sites (tertiary alicyclic amines) is 2. The molecule has 0 aliphatic carbocycles. The molecule has 5 aromatic rings. The van der Waals surface area contributed by atoms with E-state index in [0.717, 1.165) is 21.6 Å². The lowest BCUT2D eigenvalue weighted by molar-refractivity contribution is -0.148. The summed E-state index contributed by atoms with van der Waals surface area (Å²) in [6.45, 7) is 3.52. The molecule has 706 valence electrons. The molecule has 4 saturated heterocycles. The van der Waals surface area contributed by atoms with Gasteiger partial charge in [-0.2, -0.15) is 0 Å². The first kappa shape index (κ1) is 101. The Hall–Kier alpha value is -12.5. The van der Waals surface area contributed by atoms with Crippen LogP contribution in [0, 0.1) is 22.7 Å². The number of H-pyrrole nitrogens is 3. The monoisotopic (exact) mass is 1840 g/mol. The number of hydrogen-bond donors (Lipinski definition) is 21. The van der Waals surface area contributed by atoms with E-state index in [2.05, 4.69) is 83.4 Å². The van der Waals surface area contributed by atoms with Crippen molar-refractivity contribution in [2.75, 3.05) is 50.8 Å². The number of fused-ring (bicyclic) bond motifs is 2. The van der Waals surface area contributed by atoms with Crippen molar-refractivity contribution in [2.24, 2.45) is 34.8 Å². The second kappa shape index (κ2) is 51.1. The fourth-order valence-corrected chi connectivity index (χ4v) is 19.1. The number of aliphatic carboxylic acids is 1. The van der Waals surface area contributed by atoms with Gasteiger partial charge in [-0.3, -0.25) is 87.5 Å². The van der Waals surface area contributed by atoms with E-state index < -0.39 is 210 Å². The Morgan fingerprint density at radius 1 is 0.562 bits per heavy atom. The zero-order chi connectivity index (χ0) is 93.9. The summed E-state index contributed by atoms with van der Waals surface area (Å²) in [5.74, 6) is -16.6. The zero-order valence-corrected chi connectivity index (χ0v) is 74.8. The van der Waals surface area contributed by atoms with Crippen LogP contribution in [-0.2, 0) is 102 Å². The molecule has 13 amide bonds. The number of rotatable bonds is 41. The van der Waals surface area contributed by atoms with Crippen LogP contribution >= 0.6 is 21.6 Å². The SMILES string of the molecule is CCCC[C@H](NC(=O)[C@H](CCC(=O)O)NC(=O)[C@@H](CCCNC(=N)N)NC(=O)[C@@H]1CCCN1C(=O)[C@@H]1CCCN1C(=O)[C@@H]1CSSC[C@H](CC(=O)[C@H](CCCNC(=N)N)NC(C)=O)C(=O)N2CCC[C@H]2C(=O)N[C@@H](Cc2c[nH]cn2)C(=O)N[C@H](Cc2ccccc2)C(=O)N[C@@H](Cc2c[nH]cn2)C(=O)N[C@@H](Cc2c[nH]c3ccccc23)C(=O)C1)C(=O)N[C@@H](CCCCN)C(N)=O. The van der Waals surface area contributed by atoms with Crippen molar-refractivity contribution in [3.8, 4) is 0 Å². The third-order valence-electron chi connectivity index (χ3n) is 23.4. The zero-order valence-electron chi connectivity index (χ0n) is 73.1. The van der Waals surface area contributed by atoms with Gasteiger partial charge < -0.3 is 116 Å². The van der Waals surface area contributed by atoms with Crippen LogP contribution < -0.4 is 81.4 Å². The predicted molar refractivity (Wildman–Crippen MR) is 482 cm³/mol. The number of ketones is 2. The molecule has 42 nitrogen and oxygen atoms in total. The number of primary amides is 1. The molecule has 7 heterocycles. The van der Waals surface area contributed by atoms with E-state index in [0.29, 0.717) is 72.1 Å². The van der Waals surface area contributed by atoms with Gasteiger partial charge in [0.15, 0.2) is 23.5 Å². The number of para-hydroxylation sites is 1. The quantitative estimate of drug-likeness (QED) is 0.00964. The van der Waals surface area contributed by atoms with Crippen LogP contribution in [0.2, 0.25) is 0 Å². The summed E-state index contributed by atoms with van der Waals surface area (Å²) in [7, 11) is 2.12. The number of Topliss-reactive ketones (excluding diaryl/α,β-unsaturated/α-hetero) is 2. The van der Waals surface area contributed by atoms with Gasteiger partial charge >= 0.3 is 5.97 Å². The lowest BCUT2D eigenvalue weighted by Crippen LogP contribution is -2.60. The van der Waals surface area contributed by atoms with Gasteiger partial charge in [0.05, 0.1) is 48.0 Å². The number of unbranched alkanes of at least 4 members (excludes halogenated alkanes) is 2. The van der Waals surface area contributed by atoms with E-state index >= 15 is 43.2 Å². The maximum atomic E-state index is 16.1. The normalized spacial score (nSPS) is 21.5. The first-order valence-electron chi connectivity index (χ1n) is 44.2. The molecule has 0 bridgehead atoms. The fourth-order valence-electron chi connectivity index (χ4n) is 16.5. The molecule has 3 aromatic heterocycles. The van der Waals surface area contributed by atoms with E-state index in [-0.39, 0.29) is 147 Å². The fraction of sp³-hybridized carbons (Fsp3) is 0.558. The van der Waals surface area contributed by atoms with E-state index in [1.807, 2.05) is 19.1 Å². The van der Waals surface area contributed by atoms with E-state index in [9.17, 15) is 38.7 Å². The number of hydrogen-bond acceptors (Lipinski definition) is 23. The third kappa shape index (κ3) is 30.6. The van der Waals surface area contributed by atoms with Crippen LogP contribution in [0.3, 0.4) is 0 Å². The largest absolute Gasteiger partial charge is 0.481 e. The second-order valence-corrected chi connectivity index (χ2v) is 35.7. The predicted octanol–water partition coefficient (Wildman–Crippen LogP) is -1.02. The van der Waals surface area contributed by atoms with Crippen LogP contribution in [0.4, 0.5) is 0 Å². The van der Waals surface area contributed by atoms with Crippen LogP contribution in [0.5, 0.6) is 0 Å². The van der Waals surface area contributed by atoms with Gasteiger partial charge in [-0.05, 0) is 120 Å². The van der Waals surface area contributed by atoms with Gasteiger partial charge in [0.1, 0.15) is 60.4 Å². The highest BCUT2D eigenvalue weighted by Crippen LogP contribution is 2.35. The number of aromatic amines is 3. The first-order valence-corrected chi connectivity index (χ1v) is 46.7. The Bertz CT molecular complexity index is 4750. The molecule has 14 atom stereocenters. The Labute approximate surface area is 759 Å². The Morgan fingerprint density at radius 3 is 1.68 bits per heavy atom. The molecule has 25 N–H and O–H groups in total. The van der Waals surface area contributed by atoms with Crippen molar-refractivity contribution < 1.29 is 81.8 Å². The van der Waals surface area contributed by atoms with Gasteiger partial charge in [0.2, 0.25) is 76.8 Å². The standard InChI is InChI=1S/C86H123N25O17S2/c1-3-4-20-60(74(118)101-59(73(88)117)22-10-11-30-87)102-76(120)62(28-29-72(115)116)103-75(119)61(24-13-32-96-86(91)92)104-80(124)68-26-15-34-110(68)84(128)69-27-16-35-111(69)83(127)53-39-71(114)63(37-51-42-97-57-21-9-8-19-56(51)57)105-78(122)65(40-54-43-93-47-98-54)107-77(121)64(36-50-17-6-5-7-18-50)106-79(123)66(41-55-44-94-48-99-55)108-81(125)67-25-14-33-109(67)82(126)52(45-129-130-46-53)38-70(113)58(100-49(2)112)23-12-31-95-85(89)90/h5-9,17-19,21,42-44,47-48,52-53,58-69,97H,3-4,10-16,20,22-41,45-46,87H2,1-2H3,(H2,88,117)(H,93,98)(H,94,99)(H,100,112)(H,101,118)(H,102,120)(H,103,119)(H,104,124)(H,105,122)(H,106,123)(H,107,121)(H,108,125)(H,115,116)(H4,89,90,95)(H4,91,92,96)/t52-,53-,58-,59-,60-,61+,62-,63-,64+,65-,66-,67-,68-,69-/m0/s1. The molecule has 130 heavy (non-hydrogen) atoms. The molecule has 4 fully saturated rings. The summed E-state index contributed by atoms with van der Waals surface area (Å²) in [5, 5.41) is 56.0. The van der Waals surface area contributed by atoms with Gasteiger partial charge in [0.25, 0.3) is 0 Å².